The summed E-state index contributed by atoms with van der Waals surface area (Å²) in [5.41, 5.74) is 1.22. The monoisotopic (exact) mass is 309 g/mol. The summed E-state index contributed by atoms with van der Waals surface area (Å²) in [6.07, 6.45) is -3.34. The third-order valence-corrected chi connectivity index (χ3v) is 4.76. The van der Waals surface area contributed by atoms with Crippen molar-refractivity contribution in [3.8, 4) is 0 Å². The van der Waals surface area contributed by atoms with Gasteiger partial charge in [0, 0.05) is 22.4 Å². The molecule has 1 heterocycles. The lowest BCUT2D eigenvalue weighted by molar-refractivity contribution is -0.137. The van der Waals surface area contributed by atoms with E-state index in [9.17, 15) is 13.2 Å². The summed E-state index contributed by atoms with van der Waals surface area (Å²) < 4.78 is 38.0. The second-order valence-electron chi connectivity index (χ2n) is 5.01. The van der Waals surface area contributed by atoms with Crippen molar-refractivity contribution < 1.29 is 13.2 Å². The average molecular weight is 309 g/mol. The number of nitrogens with one attached hydrogen (secondary N) is 1. The molecule has 0 saturated heterocycles. The van der Waals surface area contributed by atoms with Gasteiger partial charge in [-0.05, 0) is 36.2 Å². The van der Waals surface area contributed by atoms with Crippen molar-refractivity contribution in [3.63, 3.8) is 0 Å². The number of benzene rings is 2. The maximum atomic E-state index is 12.7. The molecule has 0 bridgehead atoms. The topological polar surface area (TPSA) is 12.0 Å². The number of halogens is 3. The molecule has 0 saturated carbocycles. The highest BCUT2D eigenvalue weighted by atomic mass is 32.2. The van der Waals surface area contributed by atoms with E-state index in [4.69, 9.17) is 0 Å². The number of rotatable bonds is 3. The molecule has 0 fully saturated rings. The van der Waals surface area contributed by atoms with Crippen LogP contribution in [0.2, 0.25) is 0 Å². The zero-order valence-electron chi connectivity index (χ0n) is 11.2. The van der Waals surface area contributed by atoms with E-state index in [-0.39, 0.29) is 0 Å². The van der Waals surface area contributed by atoms with Gasteiger partial charge in [0.25, 0.3) is 0 Å². The van der Waals surface area contributed by atoms with Crippen molar-refractivity contribution >= 4 is 17.4 Å². The highest BCUT2D eigenvalue weighted by Gasteiger charge is 2.30. The Morgan fingerprint density at radius 1 is 1.10 bits per heavy atom. The summed E-state index contributed by atoms with van der Waals surface area (Å²) in [5, 5.41) is 3.47. The minimum atomic E-state index is -4.30. The van der Waals surface area contributed by atoms with Crippen LogP contribution in [0.1, 0.15) is 11.1 Å². The number of hydrogen-bond acceptors (Lipinski definition) is 2. The maximum Gasteiger partial charge on any atom is 0.416 e. The van der Waals surface area contributed by atoms with Crippen LogP contribution in [0.3, 0.4) is 0 Å². The second-order valence-corrected chi connectivity index (χ2v) is 6.35. The van der Waals surface area contributed by atoms with Gasteiger partial charge in [0.05, 0.1) is 5.56 Å². The summed E-state index contributed by atoms with van der Waals surface area (Å²) in [6, 6.07) is 13.6. The molecule has 0 radical (unpaired) electrons. The molecular weight excluding hydrogens is 295 g/mol. The minimum Gasteiger partial charge on any atom is -0.384 e. The smallest absolute Gasteiger partial charge is 0.384 e. The molecule has 110 valence electrons. The number of hydrogen-bond donors (Lipinski definition) is 1. The van der Waals surface area contributed by atoms with E-state index in [1.165, 1.54) is 16.5 Å². The minimum absolute atomic E-state index is 0.358. The Morgan fingerprint density at radius 3 is 2.67 bits per heavy atom. The van der Waals surface area contributed by atoms with Crippen molar-refractivity contribution in [2.75, 3.05) is 11.9 Å². The second kappa shape index (κ2) is 5.64. The lowest BCUT2D eigenvalue weighted by Gasteiger charge is -2.13. The summed E-state index contributed by atoms with van der Waals surface area (Å²) in [4.78, 5) is 1.27. The predicted molar refractivity (Wildman–Crippen MR) is 79.7 cm³/mol. The first kappa shape index (κ1) is 14.3. The summed E-state index contributed by atoms with van der Waals surface area (Å²) in [5.74, 6) is 0. The number of thioether (sulfide) groups is 1. The van der Waals surface area contributed by atoms with Gasteiger partial charge in [-0.3, -0.25) is 0 Å². The van der Waals surface area contributed by atoms with Gasteiger partial charge in [-0.25, -0.2) is 0 Å². The Kier molecular flexibility index (Phi) is 3.85. The van der Waals surface area contributed by atoms with Crippen molar-refractivity contribution in [1.82, 2.24) is 0 Å². The fourth-order valence-corrected chi connectivity index (χ4v) is 3.65. The molecule has 1 N–H and O–H groups in total. The van der Waals surface area contributed by atoms with E-state index in [1.807, 2.05) is 12.1 Å². The quantitative estimate of drug-likeness (QED) is 0.871. The summed E-state index contributed by atoms with van der Waals surface area (Å²) in [6.45, 7) is 0.653. The van der Waals surface area contributed by atoms with Crippen LogP contribution < -0.4 is 5.32 Å². The van der Waals surface area contributed by atoms with Crippen LogP contribution in [-0.4, -0.2) is 11.8 Å². The maximum absolute atomic E-state index is 12.7. The molecule has 1 aliphatic heterocycles. The Bertz CT molecular complexity index is 614. The van der Waals surface area contributed by atoms with E-state index < -0.39 is 11.7 Å². The third kappa shape index (κ3) is 3.35. The Balaban J connectivity index is 1.62. The molecule has 0 amide bonds. The highest BCUT2D eigenvalue weighted by molar-refractivity contribution is 8.00. The fourth-order valence-electron chi connectivity index (χ4n) is 2.40. The molecule has 0 aromatic heterocycles. The SMILES string of the molecule is FC(F)(F)c1cccc(NCC2Cc3ccccc3S2)c1. The molecule has 1 unspecified atom stereocenters. The first-order valence-electron chi connectivity index (χ1n) is 6.68. The van der Waals surface area contributed by atoms with E-state index in [1.54, 1.807) is 17.8 Å². The molecule has 1 aliphatic rings. The van der Waals surface area contributed by atoms with Crippen molar-refractivity contribution in [2.24, 2.45) is 0 Å². The van der Waals surface area contributed by atoms with E-state index in [2.05, 4.69) is 17.4 Å². The van der Waals surface area contributed by atoms with E-state index in [0.717, 1.165) is 18.6 Å². The molecule has 3 rings (SSSR count). The zero-order valence-corrected chi connectivity index (χ0v) is 12.0. The molecule has 5 heteroatoms. The van der Waals surface area contributed by atoms with Gasteiger partial charge < -0.3 is 5.32 Å². The predicted octanol–water partition coefficient (Wildman–Crippen LogP) is 4.83. The van der Waals surface area contributed by atoms with Crippen LogP contribution in [0.25, 0.3) is 0 Å². The molecular formula is C16H14F3NS. The standard InChI is InChI=1S/C16H14F3NS/c17-16(18,19)12-5-3-6-13(9-12)20-10-14-8-11-4-1-2-7-15(11)21-14/h1-7,9,14,20H,8,10H2. The molecule has 1 nitrogen and oxygen atoms in total. The van der Waals surface area contributed by atoms with Crippen LogP contribution in [0.5, 0.6) is 0 Å². The van der Waals surface area contributed by atoms with Crippen molar-refractivity contribution in [2.45, 2.75) is 22.7 Å². The Morgan fingerprint density at radius 2 is 1.90 bits per heavy atom. The zero-order chi connectivity index (χ0) is 14.9. The van der Waals surface area contributed by atoms with Gasteiger partial charge >= 0.3 is 6.18 Å². The van der Waals surface area contributed by atoms with Crippen LogP contribution in [0, 0.1) is 0 Å². The lowest BCUT2D eigenvalue weighted by Crippen LogP contribution is -2.16. The number of alkyl halides is 3. The first-order valence-corrected chi connectivity index (χ1v) is 7.56. The molecule has 0 aliphatic carbocycles. The summed E-state index contributed by atoms with van der Waals surface area (Å²) in [7, 11) is 0. The first-order chi connectivity index (χ1) is 10.0. The Labute approximate surface area is 125 Å². The van der Waals surface area contributed by atoms with Gasteiger partial charge in [-0.2, -0.15) is 13.2 Å². The van der Waals surface area contributed by atoms with Gasteiger partial charge in [-0.1, -0.05) is 24.3 Å². The normalized spacial score (nSPS) is 17.6. The van der Waals surface area contributed by atoms with Crippen molar-refractivity contribution in [1.29, 1.82) is 0 Å². The summed E-state index contributed by atoms with van der Waals surface area (Å²) >= 11 is 1.78. The molecule has 0 spiro atoms. The fraction of sp³-hybridized carbons (Fsp3) is 0.250. The highest BCUT2D eigenvalue weighted by Crippen LogP contribution is 2.37. The number of anilines is 1. The molecule has 1 atom stereocenters. The Hall–Kier alpha value is -1.62. The van der Waals surface area contributed by atoms with Crippen LogP contribution in [-0.2, 0) is 12.6 Å². The van der Waals surface area contributed by atoms with Crippen molar-refractivity contribution in [3.05, 3.63) is 59.7 Å². The van der Waals surface area contributed by atoms with Crippen LogP contribution >= 0.6 is 11.8 Å². The largest absolute Gasteiger partial charge is 0.416 e. The van der Waals surface area contributed by atoms with Gasteiger partial charge in [0.15, 0.2) is 0 Å². The molecule has 2 aromatic rings. The van der Waals surface area contributed by atoms with E-state index >= 15 is 0 Å². The van der Waals surface area contributed by atoms with Crippen LogP contribution in [0.15, 0.2) is 53.4 Å². The van der Waals surface area contributed by atoms with Gasteiger partial charge in [-0.15, -0.1) is 11.8 Å². The van der Waals surface area contributed by atoms with Gasteiger partial charge in [0.2, 0.25) is 0 Å². The van der Waals surface area contributed by atoms with Gasteiger partial charge in [0.1, 0.15) is 0 Å². The van der Waals surface area contributed by atoms with E-state index in [0.29, 0.717) is 17.5 Å². The average Bonchev–Trinajstić information content (AvgIpc) is 2.87. The van der Waals surface area contributed by atoms with Crippen LogP contribution in [0.4, 0.5) is 18.9 Å². The lowest BCUT2D eigenvalue weighted by atomic mass is 10.1. The third-order valence-electron chi connectivity index (χ3n) is 3.44. The molecule has 21 heavy (non-hydrogen) atoms. The number of fused-ring (bicyclic) bond motifs is 1. The molecule has 2 aromatic carbocycles.